The summed E-state index contributed by atoms with van der Waals surface area (Å²) in [6.45, 7) is 2.52. The first-order valence-electron chi connectivity index (χ1n) is 9.19. The molecule has 6 nitrogen and oxygen atoms in total. The number of thiophene rings is 1. The third kappa shape index (κ3) is 3.51. The average Bonchev–Trinajstić information content (AvgIpc) is 3.03. The molecule has 0 saturated carbocycles. The maximum absolute atomic E-state index is 12.1. The number of carbonyl (C=O) groups is 1. The second-order valence-corrected chi connectivity index (χ2v) is 8.39. The summed E-state index contributed by atoms with van der Waals surface area (Å²) in [5.41, 5.74) is 2.23. The van der Waals surface area contributed by atoms with Crippen molar-refractivity contribution >= 4 is 33.3 Å². The minimum Gasteiger partial charge on any atom is -0.360 e. The smallest absolute Gasteiger partial charge is 0.241 e. The van der Waals surface area contributed by atoms with Crippen LogP contribution in [0.15, 0.2) is 24.5 Å². The van der Waals surface area contributed by atoms with E-state index in [0.717, 1.165) is 34.4 Å². The summed E-state index contributed by atoms with van der Waals surface area (Å²) in [6, 6.07) is 3.84. The fourth-order valence-corrected chi connectivity index (χ4v) is 4.79. The molecule has 4 rings (SSSR count). The molecule has 140 valence electrons. The number of likely N-dealkylation sites (N-methyl/N-ethyl adjacent to an activating group) is 1. The highest BCUT2D eigenvalue weighted by molar-refractivity contribution is 7.19. The molecule has 1 aliphatic rings. The van der Waals surface area contributed by atoms with Crippen LogP contribution in [0.1, 0.15) is 23.8 Å². The number of amides is 1. The zero-order valence-electron chi connectivity index (χ0n) is 15.8. The largest absolute Gasteiger partial charge is 0.360 e. The molecule has 0 bridgehead atoms. The van der Waals surface area contributed by atoms with Crippen molar-refractivity contribution in [2.75, 3.05) is 26.0 Å². The van der Waals surface area contributed by atoms with Gasteiger partial charge in [0.2, 0.25) is 5.91 Å². The molecule has 27 heavy (non-hydrogen) atoms. The van der Waals surface area contributed by atoms with Crippen LogP contribution in [0.25, 0.3) is 21.6 Å². The number of hydrogen-bond donors (Lipinski definition) is 1. The summed E-state index contributed by atoms with van der Waals surface area (Å²) in [5.74, 6) is 2.11. The van der Waals surface area contributed by atoms with E-state index in [9.17, 15) is 4.79 Å². The number of nitrogens with zero attached hydrogens (tertiary/aromatic N) is 4. The second kappa shape index (κ2) is 7.23. The zero-order chi connectivity index (χ0) is 19.0. The van der Waals surface area contributed by atoms with Gasteiger partial charge in [-0.1, -0.05) is 6.92 Å². The van der Waals surface area contributed by atoms with Crippen molar-refractivity contribution in [1.82, 2.24) is 19.9 Å². The van der Waals surface area contributed by atoms with Crippen LogP contribution in [-0.2, 0) is 17.6 Å². The van der Waals surface area contributed by atoms with Gasteiger partial charge in [0.15, 0.2) is 5.82 Å². The Morgan fingerprint density at radius 2 is 2.22 bits per heavy atom. The molecule has 0 radical (unpaired) electrons. The Hall–Kier alpha value is -2.54. The van der Waals surface area contributed by atoms with Crippen LogP contribution < -0.4 is 5.32 Å². The molecule has 0 spiro atoms. The molecule has 1 aliphatic carbocycles. The zero-order valence-corrected chi connectivity index (χ0v) is 16.6. The van der Waals surface area contributed by atoms with Gasteiger partial charge < -0.3 is 10.2 Å². The Morgan fingerprint density at radius 3 is 2.96 bits per heavy atom. The number of rotatable bonds is 4. The number of aryl methyl sites for hydroxylation is 1. The molecule has 7 heteroatoms. The molecule has 0 fully saturated rings. The van der Waals surface area contributed by atoms with Crippen LogP contribution in [0.5, 0.6) is 0 Å². The first-order valence-corrected chi connectivity index (χ1v) is 10.0. The van der Waals surface area contributed by atoms with Crippen molar-refractivity contribution in [2.24, 2.45) is 5.92 Å². The van der Waals surface area contributed by atoms with Crippen LogP contribution in [0.2, 0.25) is 0 Å². The van der Waals surface area contributed by atoms with Gasteiger partial charge in [-0.2, -0.15) is 0 Å². The van der Waals surface area contributed by atoms with Crippen molar-refractivity contribution in [3.05, 3.63) is 35.0 Å². The van der Waals surface area contributed by atoms with Gasteiger partial charge in [-0.25, -0.2) is 9.97 Å². The average molecular weight is 382 g/mol. The van der Waals surface area contributed by atoms with E-state index >= 15 is 0 Å². The van der Waals surface area contributed by atoms with Gasteiger partial charge in [-0.05, 0) is 42.9 Å². The van der Waals surface area contributed by atoms with Gasteiger partial charge in [-0.3, -0.25) is 9.78 Å². The normalized spacial score (nSPS) is 16.2. The standard InChI is InChI=1S/C20H23N5OS/c1-12-6-7-14-15(9-12)27-20-17(14)19(22-11-16(26)25(2)3)23-18(24-20)13-5-4-8-21-10-13/h4-5,8,10,12H,6-7,9,11H2,1-3H3,(H,22,23,24)/t12-/m1/s1. The molecule has 3 aromatic heterocycles. The fourth-order valence-electron chi connectivity index (χ4n) is 3.41. The van der Waals surface area contributed by atoms with E-state index in [1.165, 1.54) is 16.9 Å². The summed E-state index contributed by atoms with van der Waals surface area (Å²) < 4.78 is 0. The summed E-state index contributed by atoms with van der Waals surface area (Å²) in [5, 5.41) is 4.35. The number of aromatic nitrogens is 3. The number of nitrogens with one attached hydrogen (secondary N) is 1. The number of fused-ring (bicyclic) bond motifs is 3. The third-order valence-corrected chi connectivity index (χ3v) is 6.13. The molecule has 3 heterocycles. The molecule has 3 aromatic rings. The van der Waals surface area contributed by atoms with Crippen molar-refractivity contribution < 1.29 is 4.79 Å². The summed E-state index contributed by atoms with van der Waals surface area (Å²) in [4.78, 5) is 29.9. The molecule has 0 aromatic carbocycles. The van der Waals surface area contributed by atoms with Crippen molar-refractivity contribution in [2.45, 2.75) is 26.2 Å². The highest BCUT2D eigenvalue weighted by Gasteiger charge is 2.24. The maximum atomic E-state index is 12.1. The summed E-state index contributed by atoms with van der Waals surface area (Å²) >= 11 is 1.76. The van der Waals surface area contributed by atoms with Crippen molar-refractivity contribution in [1.29, 1.82) is 0 Å². The van der Waals surface area contributed by atoms with Gasteiger partial charge in [0.1, 0.15) is 10.6 Å². The molecule has 0 aliphatic heterocycles. The van der Waals surface area contributed by atoms with Crippen LogP contribution >= 0.6 is 11.3 Å². The molecule has 1 N–H and O–H groups in total. The van der Waals surface area contributed by atoms with E-state index in [-0.39, 0.29) is 12.5 Å². The highest BCUT2D eigenvalue weighted by atomic mass is 32.1. The van der Waals surface area contributed by atoms with E-state index < -0.39 is 0 Å². The minimum atomic E-state index is 0.0161. The Bertz CT molecular complexity index is 983. The number of anilines is 1. The summed E-state index contributed by atoms with van der Waals surface area (Å²) in [7, 11) is 3.52. The van der Waals surface area contributed by atoms with Gasteiger partial charge in [0.05, 0.1) is 11.9 Å². The Morgan fingerprint density at radius 1 is 1.37 bits per heavy atom. The lowest BCUT2D eigenvalue weighted by Crippen LogP contribution is -2.29. The number of carbonyl (C=O) groups excluding carboxylic acids is 1. The van der Waals surface area contributed by atoms with Gasteiger partial charge in [0, 0.05) is 36.9 Å². The Kier molecular flexibility index (Phi) is 4.78. The topological polar surface area (TPSA) is 71.0 Å². The third-order valence-electron chi connectivity index (χ3n) is 4.98. The van der Waals surface area contributed by atoms with E-state index in [1.807, 2.05) is 12.1 Å². The second-order valence-electron chi connectivity index (χ2n) is 7.31. The molecule has 1 amide bonds. The van der Waals surface area contributed by atoms with Gasteiger partial charge in [0.25, 0.3) is 0 Å². The quantitative estimate of drug-likeness (QED) is 0.750. The first-order chi connectivity index (χ1) is 13.0. The maximum Gasteiger partial charge on any atom is 0.241 e. The minimum absolute atomic E-state index is 0.0161. The lowest BCUT2D eigenvalue weighted by Gasteiger charge is -2.18. The highest BCUT2D eigenvalue weighted by Crippen LogP contribution is 2.40. The number of hydrogen-bond acceptors (Lipinski definition) is 6. The SMILES string of the molecule is C[C@@H]1CCc2c(sc3nc(-c4cccnc4)nc(NCC(=O)N(C)C)c23)C1. The van der Waals surface area contributed by atoms with Crippen LogP contribution in [0.3, 0.4) is 0 Å². The molecule has 0 unspecified atom stereocenters. The van der Waals surface area contributed by atoms with E-state index in [4.69, 9.17) is 9.97 Å². The first kappa shape index (κ1) is 17.9. The van der Waals surface area contributed by atoms with Crippen molar-refractivity contribution in [3.63, 3.8) is 0 Å². The Balaban J connectivity index is 1.82. The summed E-state index contributed by atoms with van der Waals surface area (Å²) in [6.07, 6.45) is 6.82. The van der Waals surface area contributed by atoms with Crippen LogP contribution in [-0.4, -0.2) is 46.4 Å². The fraction of sp³-hybridized carbons (Fsp3) is 0.400. The Labute approximate surface area is 162 Å². The van der Waals surface area contributed by atoms with Crippen LogP contribution in [0.4, 0.5) is 5.82 Å². The van der Waals surface area contributed by atoms with E-state index in [0.29, 0.717) is 11.7 Å². The monoisotopic (exact) mass is 381 g/mol. The molecular formula is C20H23N5OS. The van der Waals surface area contributed by atoms with Crippen LogP contribution in [0, 0.1) is 5.92 Å². The number of pyridine rings is 1. The van der Waals surface area contributed by atoms with Gasteiger partial charge >= 0.3 is 0 Å². The molecule has 1 atom stereocenters. The van der Waals surface area contributed by atoms with Gasteiger partial charge in [-0.15, -0.1) is 11.3 Å². The van der Waals surface area contributed by atoms with E-state index in [2.05, 4.69) is 17.2 Å². The molecule has 0 saturated heterocycles. The lowest BCUT2D eigenvalue weighted by molar-refractivity contribution is -0.126. The predicted octanol–water partition coefficient (Wildman–Crippen LogP) is 3.38. The van der Waals surface area contributed by atoms with E-state index in [1.54, 1.807) is 42.7 Å². The molecular weight excluding hydrogens is 358 g/mol. The van der Waals surface area contributed by atoms with Crippen molar-refractivity contribution in [3.8, 4) is 11.4 Å². The lowest BCUT2D eigenvalue weighted by atomic mass is 9.89. The predicted molar refractivity (Wildman–Crippen MR) is 109 cm³/mol.